The van der Waals surface area contributed by atoms with Crippen LogP contribution in [0.4, 0.5) is 0 Å². The predicted octanol–water partition coefficient (Wildman–Crippen LogP) is 2.26. The third-order valence-electron chi connectivity index (χ3n) is 5.68. The van der Waals surface area contributed by atoms with Crippen molar-refractivity contribution in [2.45, 2.75) is 50.2 Å². The van der Waals surface area contributed by atoms with Gasteiger partial charge in [0.15, 0.2) is 0 Å². The van der Waals surface area contributed by atoms with Crippen molar-refractivity contribution in [3.8, 4) is 0 Å². The molecule has 0 spiro atoms. The van der Waals surface area contributed by atoms with E-state index in [0.717, 1.165) is 11.1 Å². The van der Waals surface area contributed by atoms with Crippen molar-refractivity contribution in [2.75, 3.05) is 6.54 Å². The lowest BCUT2D eigenvalue weighted by atomic mass is 10.1. The van der Waals surface area contributed by atoms with Crippen LogP contribution in [-0.4, -0.2) is 38.9 Å². The number of benzene rings is 2. The molecule has 0 aliphatic carbocycles. The number of halogens is 1. The van der Waals surface area contributed by atoms with Crippen LogP contribution in [0, 0.1) is 0 Å². The fourth-order valence-corrected chi connectivity index (χ4v) is 5.26. The number of nitrogens with one attached hydrogen (secondary N) is 3. The molecule has 2 aromatic rings. The Morgan fingerprint density at radius 3 is 2.42 bits per heavy atom. The molecule has 206 valence electrons. The molecule has 0 radical (unpaired) electrons. The second kappa shape index (κ2) is 16.1. The zero-order chi connectivity index (χ0) is 28.0. The fourth-order valence-electron chi connectivity index (χ4n) is 3.70. The van der Waals surface area contributed by atoms with Gasteiger partial charge in [-0.1, -0.05) is 72.8 Å². The molecule has 2 atom stereocenters. The largest absolute Gasteiger partial charge is 0.350 e. The van der Waals surface area contributed by atoms with Gasteiger partial charge in [-0.05, 0) is 48.1 Å². The second-order valence-corrected chi connectivity index (χ2v) is 10.8. The minimum absolute atomic E-state index is 0.140. The van der Waals surface area contributed by atoms with Crippen molar-refractivity contribution in [1.82, 2.24) is 15.4 Å². The molecule has 0 saturated carbocycles. The van der Waals surface area contributed by atoms with E-state index in [9.17, 15) is 18.0 Å². The minimum Gasteiger partial charge on any atom is -0.350 e. The minimum atomic E-state index is -3.85. The third kappa shape index (κ3) is 10.8. The van der Waals surface area contributed by atoms with Crippen molar-refractivity contribution in [2.24, 2.45) is 11.5 Å². The summed E-state index contributed by atoms with van der Waals surface area (Å²) in [5, 5.41) is 5.84. The van der Waals surface area contributed by atoms with Crippen LogP contribution in [0.2, 0.25) is 5.02 Å². The number of hydrogen-bond donors (Lipinski definition) is 5. The number of sulfonamides is 1. The van der Waals surface area contributed by atoms with E-state index in [1.807, 2.05) is 6.08 Å². The van der Waals surface area contributed by atoms with Gasteiger partial charge < -0.3 is 22.1 Å². The average molecular weight is 562 g/mol. The molecular formula is C27H36ClN5O4S. The maximum Gasteiger partial charge on any atom is 0.244 e. The smallest absolute Gasteiger partial charge is 0.244 e. The Kier molecular flexibility index (Phi) is 13.2. The van der Waals surface area contributed by atoms with Crippen molar-refractivity contribution in [3.63, 3.8) is 0 Å². The highest BCUT2D eigenvalue weighted by atomic mass is 35.5. The first-order valence-corrected chi connectivity index (χ1v) is 14.3. The van der Waals surface area contributed by atoms with Crippen LogP contribution in [0.5, 0.6) is 0 Å². The highest BCUT2D eigenvalue weighted by molar-refractivity contribution is 7.88. The number of allylic oxidation sites excluding steroid dienone is 3. The maximum absolute atomic E-state index is 13.1. The molecule has 2 rings (SSSR count). The molecule has 0 saturated heterocycles. The number of carbonyl (C=O) groups is 2. The number of carbonyl (C=O) groups excluding carboxylic acids is 2. The number of nitrogens with two attached hydrogens (primary N) is 2. The zero-order valence-corrected chi connectivity index (χ0v) is 22.8. The summed E-state index contributed by atoms with van der Waals surface area (Å²) in [4.78, 5) is 26.0. The van der Waals surface area contributed by atoms with Gasteiger partial charge in [-0.25, -0.2) is 13.1 Å². The second-order valence-electron chi connectivity index (χ2n) is 8.64. The maximum atomic E-state index is 13.1. The molecule has 0 unspecified atom stereocenters. The van der Waals surface area contributed by atoms with Gasteiger partial charge in [-0.2, -0.15) is 0 Å². The van der Waals surface area contributed by atoms with Gasteiger partial charge in [0.25, 0.3) is 0 Å². The van der Waals surface area contributed by atoms with E-state index in [2.05, 4.69) is 21.9 Å². The first-order valence-electron chi connectivity index (χ1n) is 12.3. The fraction of sp³-hybridized carbons (Fsp3) is 0.333. The molecule has 0 heterocycles. The first-order chi connectivity index (χ1) is 18.2. The molecule has 0 aliphatic rings. The van der Waals surface area contributed by atoms with E-state index in [4.69, 9.17) is 23.1 Å². The highest BCUT2D eigenvalue weighted by Gasteiger charge is 2.28. The van der Waals surface area contributed by atoms with E-state index in [1.54, 1.807) is 60.7 Å². The molecule has 2 amide bonds. The Bertz CT molecular complexity index is 1210. The summed E-state index contributed by atoms with van der Waals surface area (Å²) >= 11 is 6.06. The first kappa shape index (κ1) is 31.2. The van der Waals surface area contributed by atoms with Crippen LogP contribution in [-0.2, 0) is 38.5 Å². The SMILES string of the molecule is C=C/C=C\CCC[C@@H](NS(=O)(=O)Cc1ccccc1)C(=O)N[C@@H](CN)C(=O)NCc1cc(Cl)ccc1CN. The topological polar surface area (TPSA) is 156 Å². The Labute approximate surface area is 229 Å². The molecule has 0 aromatic heterocycles. The van der Waals surface area contributed by atoms with Gasteiger partial charge >= 0.3 is 0 Å². The van der Waals surface area contributed by atoms with E-state index in [-0.39, 0.29) is 31.8 Å². The Balaban J connectivity index is 2.09. The van der Waals surface area contributed by atoms with Gasteiger partial charge in [-0.3, -0.25) is 9.59 Å². The number of rotatable bonds is 16. The zero-order valence-electron chi connectivity index (χ0n) is 21.2. The van der Waals surface area contributed by atoms with E-state index in [1.165, 1.54) is 0 Å². The summed E-state index contributed by atoms with van der Waals surface area (Å²) < 4.78 is 28.2. The van der Waals surface area contributed by atoms with Gasteiger partial charge in [-0.15, -0.1) is 0 Å². The Hall–Kier alpha value is -3.02. The van der Waals surface area contributed by atoms with Gasteiger partial charge in [0, 0.05) is 24.7 Å². The molecule has 11 heteroatoms. The third-order valence-corrected chi connectivity index (χ3v) is 7.28. The van der Waals surface area contributed by atoms with Crippen LogP contribution in [0.3, 0.4) is 0 Å². The summed E-state index contributed by atoms with van der Waals surface area (Å²) in [7, 11) is -3.85. The summed E-state index contributed by atoms with van der Waals surface area (Å²) in [6, 6.07) is 11.7. The van der Waals surface area contributed by atoms with E-state index in [0.29, 0.717) is 23.4 Å². The van der Waals surface area contributed by atoms with Gasteiger partial charge in [0.2, 0.25) is 21.8 Å². The van der Waals surface area contributed by atoms with Crippen molar-refractivity contribution in [3.05, 3.63) is 95.1 Å². The molecule has 2 aromatic carbocycles. The summed E-state index contributed by atoms with van der Waals surface area (Å²) in [6.45, 7) is 3.84. The molecular weight excluding hydrogens is 526 g/mol. The van der Waals surface area contributed by atoms with Crippen LogP contribution in [0.1, 0.15) is 36.0 Å². The normalized spacial score (nSPS) is 13.1. The standard InChI is InChI=1S/C27H36ClN5O4S/c1-2-3-4-5-9-12-24(33-38(36,37)19-20-10-7-6-8-11-20)27(35)32-25(17-30)26(34)31-18-22-15-23(28)14-13-21(22)16-29/h2-4,6-8,10-11,13-15,24-25,33H,1,5,9,12,16-19,29-30H2,(H,31,34)(H,32,35)/b4-3-/t24-,25+/m1/s1. The van der Waals surface area contributed by atoms with Crippen LogP contribution in [0.15, 0.2) is 73.3 Å². The predicted molar refractivity (Wildman–Crippen MR) is 151 cm³/mol. The lowest BCUT2D eigenvalue weighted by Crippen LogP contribution is -2.56. The van der Waals surface area contributed by atoms with E-state index >= 15 is 0 Å². The van der Waals surface area contributed by atoms with Gasteiger partial charge in [0.05, 0.1) is 5.75 Å². The Morgan fingerprint density at radius 2 is 1.76 bits per heavy atom. The average Bonchev–Trinajstić information content (AvgIpc) is 2.89. The molecule has 0 aliphatic heterocycles. The number of unbranched alkanes of at least 4 members (excludes halogenated alkanes) is 1. The lowest BCUT2D eigenvalue weighted by Gasteiger charge is -2.22. The molecule has 0 fully saturated rings. The van der Waals surface area contributed by atoms with Crippen molar-refractivity contribution in [1.29, 1.82) is 0 Å². The van der Waals surface area contributed by atoms with Crippen LogP contribution in [0.25, 0.3) is 0 Å². The van der Waals surface area contributed by atoms with Crippen molar-refractivity contribution >= 4 is 33.4 Å². The number of hydrogen-bond acceptors (Lipinski definition) is 6. The summed E-state index contributed by atoms with van der Waals surface area (Å²) in [5.74, 6) is -1.42. The quantitative estimate of drug-likeness (QED) is 0.156. The molecule has 9 nitrogen and oxygen atoms in total. The molecule has 38 heavy (non-hydrogen) atoms. The van der Waals surface area contributed by atoms with Crippen molar-refractivity contribution < 1.29 is 18.0 Å². The van der Waals surface area contributed by atoms with E-state index < -0.39 is 33.9 Å². The Morgan fingerprint density at radius 1 is 1.03 bits per heavy atom. The summed E-state index contributed by atoms with van der Waals surface area (Å²) in [6.07, 6.45) is 6.67. The molecule has 0 bridgehead atoms. The molecule has 7 N–H and O–H groups in total. The monoisotopic (exact) mass is 561 g/mol. The highest BCUT2D eigenvalue weighted by Crippen LogP contribution is 2.16. The van der Waals surface area contributed by atoms with Crippen LogP contribution < -0.4 is 26.8 Å². The lowest BCUT2D eigenvalue weighted by molar-refractivity contribution is -0.129. The number of amides is 2. The van der Waals surface area contributed by atoms with Gasteiger partial charge in [0.1, 0.15) is 12.1 Å². The summed E-state index contributed by atoms with van der Waals surface area (Å²) in [5.41, 5.74) is 13.7. The van der Waals surface area contributed by atoms with Crippen LogP contribution >= 0.6 is 11.6 Å².